The van der Waals surface area contributed by atoms with Crippen LogP contribution in [0.15, 0.2) is 72.8 Å². The van der Waals surface area contributed by atoms with E-state index < -0.39 is 17.9 Å². The van der Waals surface area contributed by atoms with E-state index in [0.717, 1.165) is 6.42 Å². The Hall–Kier alpha value is -4.73. The normalized spacial score (nSPS) is 11.7. The number of fused-ring (bicyclic) bond motifs is 1. The van der Waals surface area contributed by atoms with Crippen LogP contribution in [-0.4, -0.2) is 53.5 Å². The molecule has 1 atom stereocenters. The van der Waals surface area contributed by atoms with Crippen molar-refractivity contribution in [3.63, 3.8) is 0 Å². The smallest absolute Gasteiger partial charge is 0.337 e. The molecule has 0 spiro atoms. The first-order chi connectivity index (χ1) is 19.3. The van der Waals surface area contributed by atoms with E-state index in [1.165, 1.54) is 16.7 Å². The molecule has 1 N–H and O–H groups in total. The number of hydrogen-bond acceptors (Lipinski definition) is 7. The topological polar surface area (TPSA) is 116 Å². The van der Waals surface area contributed by atoms with E-state index in [-0.39, 0.29) is 12.5 Å². The zero-order valence-electron chi connectivity index (χ0n) is 23.0. The molecule has 1 aromatic heterocycles. The van der Waals surface area contributed by atoms with Crippen LogP contribution in [0.4, 0.5) is 5.69 Å². The van der Waals surface area contributed by atoms with Crippen LogP contribution in [0.3, 0.4) is 0 Å². The number of carbonyl (C=O) groups excluding carboxylic acids is 3. The van der Waals surface area contributed by atoms with E-state index in [0.29, 0.717) is 46.1 Å². The second kappa shape index (κ2) is 12.9. The zero-order valence-corrected chi connectivity index (χ0v) is 23.0. The summed E-state index contributed by atoms with van der Waals surface area (Å²) in [6.07, 6.45) is 0.781. The molecule has 10 nitrogen and oxygen atoms in total. The predicted octanol–water partition coefficient (Wildman–Crippen LogP) is 4.16. The number of para-hydroxylation sites is 1. The van der Waals surface area contributed by atoms with Crippen LogP contribution in [0, 0.1) is 5.92 Å². The van der Waals surface area contributed by atoms with Gasteiger partial charge in [0.25, 0.3) is 0 Å². The quantitative estimate of drug-likeness (QED) is 0.282. The number of nitrogens with one attached hydrogen (secondary N) is 1. The van der Waals surface area contributed by atoms with Crippen molar-refractivity contribution < 1.29 is 23.9 Å². The highest BCUT2D eigenvalue weighted by Gasteiger charge is 2.33. The van der Waals surface area contributed by atoms with Crippen LogP contribution < -0.4 is 15.0 Å². The summed E-state index contributed by atoms with van der Waals surface area (Å²) in [4.78, 5) is 41.4. The fourth-order valence-corrected chi connectivity index (χ4v) is 4.36. The van der Waals surface area contributed by atoms with Crippen molar-refractivity contribution in [2.45, 2.75) is 32.9 Å². The van der Waals surface area contributed by atoms with Crippen molar-refractivity contribution in [1.82, 2.24) is 20.3 Å². The lowest BCUT2D eigenvalue weighted by Gasteiger charge is -2.32. The van der Waals surface area contributed by atoms with Crippen LogP contribution in [0.25, 0.3) is 11.0 Å². The maximum absolute atomic E-state index is 14.1. The second-order valence-electron chi connectivity index (χ2n) is 9.69. The minimum Gasteiger partial charge on any atom is -0.497 e. The van der Waals surface area contributed by atoms with Crippen molar-refractivity contribution in [3.05, 3.63) is 83.9 Å². The van der Waals surface area contributed by atoms with Crippen molar-refractivity contribution in [2.24, 2.45) is 5.92 Å². The van der Waals surface area contributed by atoms with Crippen LogP contribution >= 0.6 is 0 Å². The number of ether oxygens (including phenoxy) is 2. The molecule has 0 fully saturated rings. The molecule has 4 rings (SSSR count). The molecular formula is C30H33N5O5. The molecule has 0 unspecified atom stereocenters. The summed E-state index contributed by atoms with van der Waals surface area (Å²) in [7, 11) is 2.84. The molecule has 0 aliphatic heterocycles. The molecule has 2 amide bonds. The molecule has 0 saturated heterocycles. The van der Waals surface area contributed by atoms with Gasteiger partial charge in [-0.25, -0.2) is 9.48 Å². The molecule has 0 radical (unpaired) electrons. The summed E-state index contributed by atoms with van der Waals surface area (Å²) in [5.74, 6) is -0.307. The van der Waals surface area contributed by atoms with Gasteiger partial charge in [-0.15, -0.1) is 5.10 Å². The number of benzene rings is 3. The lowest BCUT2D eigenvalue weighted by Crippen LogP contribution is -2.45. The number of methoxy groups -OCH3 is 2. The first-order valence-electron chi connectivity index (χ1n) is 13.0. The van der Waals surface area contributed by atoms with Crippen LogP contribution in [0.1, 0.15) is 42.2 Å². The highest BCUT2D eigenvalue weighted by atomic mass is 16.5. The number of rotatable bonds is 11. The average Bonchev–Trinajstić information content (AvgIpc) is 3.37. The van der Waals surface area contributed by atoms with Crippen molar-refractivity contribution in [2.75, 3.05) is 25.7 Å². The number of anilines is 1. The van der Waals surface area contributed by atoms with Crippen LogP contribution in [-0.2, 0) is 20.9 Å². The maximum Gasteiger partial charge on any atom is 0.337 e. The molecule has 0 aliphatic rings. The Morgan fingerprint density at radius 3 is 2.42 bits per heavy atom. The lowest BCUT2D eigenvalue weighted by molar-refractivity contribution is -0.127. The van der Waals surface area contributed by atoms with Gasteiger partial charge in [-0.3, -0.25) is 14.5 Å². The molecule has 3 aromatic carbocycles. The lowest BCUT2D eigenvalue weighted by atomic mass is 10.0. The van der Waals surface area contributed by atoms with Crippen molar-refractivity contribution in [3.8, 4) is 5.75 Å². The molecule has 0 saturated carbocycles. The molecular weight excluding hydrogens is 510 g/mol. The van der Waals surface area contributed by atoms with E-state index in [1.807, 2.05) is 24.3 Å². The largest absolute Gasteiger partial charge is 0.497 e. The van der Waals surface area contributed by atoms with E-state index >= 15 is 0 Å². The Labute approximate surface area is 232 Å². The molecule has 10 heteroatoms. The number of aromatic nitrogens is 3. The second-order valence-corrected chi connectivity index (χ2v) is 9.69. The van der Waals surface area contributed by atoms with E-state index in [1.54, 1.807) is 55.6 Å². The third-order valence-corrected chi connectivity index (χ3v) is 6.48. The summed E-state index contributed by atoms with van der Waals surface area (Å²) in [5.41, 5.74) is 2.65. The summed E-state index contributed by atoms with van der Waals surface area (Å²) in [6, 6.07) is 19.7. The fraction of sp³-hybridized carbons (Fsp3) is 0.300. The van der Waals surface area contributed by atoms with Crippen LogP contribution in [0.2, 0.25) is 0 Å². The number of hydrogen-bond donors (Lipinski definition) is 1. The highest BCUT2D eigenvalue weighted by molar-refractivity contribution is 6.02. The first kappa shape index (κ1) is 28.3. The van der Waals surface area contributed by atoms with Gasteiger partial charge in [0.2, 0.25) is 11.8 Å². The minimum atomic E-state index is -1.03. The predicted molar refractivity (Wildman–Crippen MR) is 151 cm³/mol. The van der Waals surface area contributed by atoms with E-state index in [9.17, 15) is 14.4 Å². The van der Waals surface area contributed by atoms with Gasteiger partial charge in [0.05, 0.1) is 25.3 Å². The summed E-state index contributed by atoms with van der Waals surface area (Å²) < 4.78 is 11.8. The fourth-order valence-electron chi connectivity index (χ4n) is 4.36. The highest BCUT2D eigenvalue weighted by Crippen LogP contribution is 2.31. The SMILES string of the molecule is COC(=O)c1ccc(N(C(=O)Cn2nnc3ccccc32)[C@H](C(=O)NCCC(C)C)c2cccc(OC)c2)cc1. The number of amides is 2. The Balaban J connectivity index is 1.80. The average molecular weight is 544 g/mol. The van der Waals surface area contributed by atoms with Crippen molar-refractivity contribution in [1.29, 1.82) is 0 Å². The maximum atomic E-state index is 14.1. The third kappa shape index (κ3) is 6.45. The van der Waals surface area contributed by atoms with Gasteiger partial charge < -0.3 is 14.8 Å². The van der Waals surface area contributed by atoms with Gasteiger partial charge in [-0.05, 0) is 66.4 Å². The van der Waals surface area contributed by atoms with Gasteiger partial charge in [-0.2, -0.15) is 0 Å². The summed E-state index contributed by atoms with van der Waals surface area (Å²) >= 11 is 0. The Kier molecular flexibility index (Phi) is 9.11. The Morgan fingerprint density at radius 2 is 1.73 bits per heavy atom. The first-order valence-corrected chi connectivity index (χ1v) is 13.0. The van der Waals surface area contributed by atoms with Gasteiger partial charge in [0, 0.05) is 12.2 Å². The zero-order chi connectivity index (χ0) is 28.6. The number of esters is 1. The number of nitrogens with zero attached hydrogens (tertiary/aromatic N) is 4. The molecule has 0 bridgehead atoms. The van der Waals surface area contributed by atoms with E-state index in [2.05, 4.69) is 29.5 Å². The summed E-state index contributed by atoms with van der Waals surface area (Å²) in [6.45, 7) is 4.44. The van der Waals surface area contributed by atoms with Gasteiger partial charge in [-0.1, -0.05) is 43.3 Å². The molecule has 4 aromatic rings. The minimum absolute atomic E-state index is 0.168. The van der Waals surface area contributed by atoms with Crippen LogP contribution in [0.5, 0.6) is 5.75 Å². The third-order valence-electron chi connectivity index (χ3n) is 6.48. The Morgan fingerprint density at radius 1 is 0.975 bits per heavy atom. The van der Waals surface area contributed by atoms with Gasteiger partial charge in [0.1, 0.15) is 23.9 Å². The van der Waals surface area contributed by atoms with Gasteiger partial charge in [0.15, 0.2) is 0 Å². The van der Waals surface area contributed by atoms with Crippen molar-refractivity contribution >= 4 is 34.5 Å². The summed E-state index contributed by atoms with van der Waals surface area (Å²) in [5, 5.41) is 11.3. The molecule has 1 heterocycles. The van der Waals surface area contributed by atoms with Gasteiger partial charge >= 0.3 is 5.97 Å². The van der Waals surface area contributed by atoms with E-state index in [4.69, 9.17) is 9.47 Å². The monoisotopic (exact) mass is 543 g/mol. The number of carbonyl (C=O) groups is 3. The standard InChI is InChI=1S/C30H33N5O5/c1-20(2)16-17-31-29(37)28(22-8-7-9-24(18-22)39-3)35(23-14-12-21(13-15-23)30(38)40-4)27(36)19-34-26-11-6-5-10-25(26)32-33-34/h5-15,18,20,28H,16-17,19H2,1-4H3,(H,31,37)/t28-/m0/s1. The molecule has 40 heavy (non-hydrogen) atoms. The molecule has 208 valence electrons. The molecule has 0 aliphatic carbocycles. The Bertz CT molecular complexity index is 1480.